The van der Waals surface area contributed by atoms with Crippen molar-refractivity contribution in [3.05, 3.63) is 65.8 Å². The molecule has 2 rings (SSSR count). The SMILES string of the molecule is O=CC1C=CC(=Cc2ccccc2)C=C1. The van der Waals surface area contributed by atoms with Gasteiger partial charge in [-0.25, -0.2) is 0 Å². The average Bonchev–Trinajstić information content (AvgIpc) is 2.31. The zero-order valence-corrected chi connectivity index (χ0v) is 8.34. The molecule has 0 aliphatic heterocycles. The third-order valence-corrected chi connectivity index (χ3v) is 2.31. The van der Waals surface area contributed by atoms with Crippen molar-refractivity contribution in [1.29, 1.82) is 0 Å². The maximum Gasteiger partial charge on any atom is 0.130 e. The van der Waals surface area contributed by atoms with Crippen LogP contribution in [0.3, 0.4) is 0 Å². The maximum atomic E-state index is 10.5. The standard InChI is InChI=1S/C14H12O/c15-11-14-8-6-13(7-9-14)10-12-4-2-1-3-5-12/h1-11,14H. The molecule has 0 saturated carbocycles. The monoisotopic (exact) mass is 196 g/mol. The van der Waals surface area contributed by atoms with E-state index in [1.54, 1.807) is 0 Å². The van der Waals surface area contributed by atoms with Crippen molar-refractivity contribution < 1.29 is 4.79 Å². The molecule has 1 nitrogen and oxygen atoms in total. The lowest BCUT2D eigenvalue weighted by atomic mass is 10.00. The molecule has 1 aliphatic rings. The summed E-state index contributed by atoms with van der Waals surface area (Å²) in [5, 5.41) is 0. The van der Waals surface area contributed by atoms with Crippen LogP contribution in [0.1, 0.15) is 5.56 Å². The zero-order valence-electron chi connectivity index (χ0n) is 8.34. The number of carbonyl (C=O) groups excluding carboxylic acids is 1. The molecule has 0 heterocycles. The van der Waals surface area contributed by atoms with Crippen LogP contribution in [0.25, 0.3) is 6.08 Å². The van der Waals surface area contributed by atoms with Crippen LogP contribution >= 0.6 is 0 Å². The lowest BCUT2D eigenvalue weighted by Gasteiger charge is -2.04. The first-order chi connectivity index (χ1) is 7.38. The van der Waals surface area contributed by atoms with Gasteiger partial charge < -0.3 is 4.79 Å². The van der Waals surface area contributed by atoms with Gasteiger partial charge >= 0.3 is 0 Å². The Labute approximate surface area is 89.4 Å². The quantitative estimate of drug-likeness (QED) is 0.664. The summed E-state index contributed by atoms with van der Waals surface area (Å²) >= 11 is 0. The first-order valence-electron chi connectivity index (χ1n) is 4.97. The van der Waals surface area contributed by atoms with E-state index in [2.05, 4.69) is 18.2 Å². The van der Waals surface area contributed by atoms with Gasteiger partial charge in [-0.05, 0) is 17.2 Å². The molecule has 15 heavy (non-hydrogen) atoms. The average molecular weight is 196 g/mol. The Bertz CT molecular complexity index is 408. The zero-order chi connectivity index (χ0) is 10.5. The molecule has 1 aliphatic carbocycles. The predicted molar refractivity (Wildman–Crippen MR) is 62.3 cm³/mol. The van der Waals surface area contributed by atoms with Crippen LogP contribution in [0.2, 0.25) is 0 Å². The number of rotatable bonds is 2. The van der Waals surface area contributed by atoms with E-state index < -0.39 is 0 Å². The minimum atomic E-state index is -0.0575. The largest absolute Gasteiger partial charge is 0.302 e. The number of benzene rings is 1. The fourth-order valence-electron chi connectivity index (χ4n) is 1.49. The summed E-state index contributed by atoms with van der Waals surface area (Å²) in [7, 11) is 0. The van der Waals surface area contributed by atoms with Crippen LogP contribution < -0.4 is 0 Å². The minimum Gasteiger partial charge on any atom is -0.302 e. The smallest absolute Gasteiger partial charge is 0.130 e. The molecule has 0 radical (unpaired) electrons. The molecular weight excluding hydrogens is 184 g/mol. The van der Waals surface area contributed by atoms with Crippen LogP contribution in [-0.2, 0) is 4.79 Å². The Kier molecular flexibility index (Phi) is 2.93. The summed E-state index contributed by atoms with van der Waals surface area (Å²) in [5.41, 5.74) is 2.30. The van der Waals surface area contributed by atoms with E-state index in [1.165, 1.54) is 5.56 Å². The Hall–Kier alpha value is -1.89. The van der Waals surface area contributed by atoms with Crippen molar-refractivity contribution in [2.75, 3.05) is 0 Å². The van der Waals surface area contributed by atoms with Gasteiger partial charge in [-0.15, -0.1) is 0 Å². The van der Waals surface area contributed by atoms with E-state index in [0.29, 0.717) is 0 Å². The Morgan fingerprint density at radius 2 is 1.67 bits per heavy atom. The highest BCUT2D eigenvalue weighted by Crippen LogP contribution is 2.15. The molecule has 74 valence electrons. The number of aldehydes is 1. The number of allylic oxidation sites excluding steroid dienone is 5. The molecule has 0 spiro atoms. The normalized spacial score (nSPS) is 18.9. The second-order valence-electron chi connectivity index (χ2n) is 3.49. The minimum absolute atomic E-state index is 0.0575. The fraction of sp³-hybridized carbons (Fsp3) is 0.0714. The Morgan fingerprint density at radius 1 is 1.00 bits per heavy atom. The fourth-order valence-corrected chi connectivity index (χ4v) is 1.49. The lowest BCUT2D eigenvalue weighted by Crippen LogP contribution is -1.96. The van der Waals surface area contributed by atoms with Crippen molar-refractivity contribution in [3.63, 3.8) is 0 Å². The molecule has 0 saturated heterocycles. The third kappa shape index (κ3) is 2.53. The van der Waals surface area contributed by atoms with Gasteiger partial charge in [-0.2, -0.15) is 0 Å². The van der Waals surface area contributed by atoms with Crippen LogP contribution in [-0.4, -0.2) is 6.29 Å². The summed E-state index contributed by atoms with van der Waals surface area (Å²) in [6.45, 7) is 0. The summed E-state index contributed by atoms with van der Waals surface area (Å²) < 4.78 is 0. The van der Waals surface area contributed by atoms with E-state index in [4.69, 9.17) is 0 Å². The van der Waals surface area contributed by atoms with Gasteiger partial charge in [0.25, 0.3) is 0 Å². The molecule has 0 atom stereocenters. The van der Waals surface area contributed by atoms with Gasteiger partial charge in [0.15, 0.2) is 0 Å². The van der Waals surface area contributed by atoms with E-state index in [0.717, 1.165) is 11.9 Å². The Morgan fingerprint density at radius 3 is 2.27 bits per heavy atom. The van der Waals surface area contributed by atoms with E-state index >= 15 is 0 Å². The molecule has 0 unspecified atom stereocenters. The van der Waals surface area contributed by atoms with Crippen LogP contribution in [0.5, 0.6) is 0 Å². The van der Waals surface area contributed by atoms with Crippen LogP contribution in [0.15, 0.2) is 60.2 Å². The molecule has 0 N–H and O–H groups in total. The van der Waals surface area contributed by atoms with Gasteiger partial charge in [-0.1, -0.05) is 54.6 Å². The summed E-state index contributed by atoms with van der Waals surface area (Å²) in [5.74, 6) is -0.0575. The van der Waals surface area contributed by atoms with Gasteiger partial charge in [0.1, 0.15) is 6.29 Å². The first-order valence-corrected chi connectivity index (χ1v) is 4.97. The van der Waals surface area contributed by atoms with Gasteiger partial charge in [0.2, 0.25) is 0 Å². The van der Waals surface area contributed by atoms with Crippen molar-refractivity contribution in [2.24, 2.45) is 5.92 Å². The first kappa shape index (κ1) is 9.66. The molecule has 0 aromatic heterocycles. The molecule has 1 aromatic carbocycles. The summed E-state index contributed by atoms with van der Waals surface area (Å²) in [6, 6.07) is 10.1. The molecule has 1 aromatic rings. The van der Waals surface area contributed by atoms with E-state index in [-0.39, 0.29) is 5.92 Å². The van der Waals surface area contributed by atoms with Gasteiger partial charge in [0, 0.05) is 0 Å². The summed E-state index contributed by atoms with van der Waals surface area (Å²) in [6.07, 6.45) is 10.8. The molecule has 0 fully saturated rings. The van der Waals surface area contributed by atoms with Crippen molar-refractivity contribution in [3.8, 4) is 0 Å². The number of carbonyl (C=O) groups is 1. The Balaban J connectivity index is 2.18. The van der Waals surface area contributed by atoms with Gasteiger partial charge in [-0.3, -0.25) is 0 Å². The molecular formula is C14H12O. The molecule has 0 amide bonds. The number of hydrogen-bond acceptors (Lipinski definition) is 1. The molecule has 1 heteroatoms. The number of hydrogen-bond donors (Lipinski definition) is 0. The summed E-state index contributed by atoms with van der Waals surface area (Å²) in [4.78, 5) is 10.5. The second kappa shape index (κ2) is 4.56. The predicted octanol–water partition coefficient (Wildman–Crippen LogP) is 3.01. The topological polar surface area (TPSA) is 17.1 Å². The second-order valence-corrected chi connectivity index (χ2v) is 3.49. The van der Waals surface area contributed by atoms with Crippen LogP contribution in [0.4, 0.5) is 0 Å². The van der Waals surface area contributed by atoms with Crippen molar-refractivity contribution >= 4 is 12.4 Å². The van der Waals surface area contributed by atoms with E-state index in [1.807, 2.05) is 42.5 Å². The van der Waals surface area contributed by atoms with Crippen LogP contribution in [0, 0.1) is 5.92 Å². The highest BCUT2D eigenvalue weighted by molar-refractivity contribution is 5.66. The maximum absolute atomic E-state index is 10.5. The highest BCUT2D eigenvalue weighted by atomic mass is 16.1. The van der Waals surface area contributed by atoms with Gasteiger partial charge in [0.05, 0.1) is 5.92 Å². The third-order valence-electron chi connectivity index (χ3n) is 2.31. The van der Waals surface area contributed by atoms with Crippen molar-refractivity contribution in [1.82, 2.24) is 0 Å². The highest BCUT2D eigenvalue weighted by Gasteiger charge is 2.01. The molecule has 0 bridgehead atoms. The van der Waals surface area contributed by atoms with E-state index in [9.17, 15) is 4.79 Å². The van der Waals surface area contributed by atoms with Crippen molar-refractivity contribution in [2.45, 2.75) is 0 Å². The lowest BCUT2D eigenvalue weighted by molar-refractivity contribution is -0.108.